The summed E-state index contributed by atoms with van der Waals surface area (Å²) in [6, 6.07) is 18.3. The first-order chi connectivity index (χ1) is 15.0. The van der Waals surface area contributed by atoms with E-state index in [1.807, 2.05) is 18.2 Å². The van der Waals surface area contributed by atoms with Crippen molar-refractivity contribution in [2.45, 2.75) is 0 Å². The molecule has 3 aromatic rings. The first-order valence-corrected chi connectivity index (χ1v) is 9.83. The number of benzodiazepines with no additional fused rings is 1. The van der Waals surface area contributed by atoms with Gasteiger partial charge in [0.15, 0.2) is 0 Å². The molecular formula is C24H18ClN3O3. The number of aliphatic imine (C=N–C) groups is 1. The van der Waals surface area contributed by atoms with Gasteiger partial charge in [-0.2, -0.15) is 5.26 Å². The Bertz CT molecular complexity index is 1240. The number of carbonyl (C=O) groups excluding carboxylic acids is 1. The number of hydrogen-bond acceptors (Lipinski definition) is 5. The minimum Gasteiger partial charge on any atom is -0.496 e. The van der Waals surface area contributed by atoms with Crippen LogP contribution in [0.25, 0.3) is 11.1 Å². The van der Waals surface area contributed by atoms with Gasteiger partial charge in [-0.05, 0) is 29.8 Å². The molecule has 1 heterocycles. The molecule has 0 aliphatic carbocycles. The first-order valence-electron chi connectivity index (χ1n) is 9.45. The zero-order valence-corrected chi connectivity index (χ0v) is 17.7. The van der Waals surface area contributed by atoms with Gasteiger partial charge < -0.3 is 14.8 Å². The third-order valence-corrected chi connectivity index (χ3v) is 5.21. The van der Waals surface area contributed by atoms with Gasteiger partial charge in [0.1, 0.15) is 18.0 Å². The molecule has 1 amide bonds. The number of rotatable bonds is 4. The average molecular weight is 432 g/mol. The zero-order valence-electron chi connectivity index (χ0n) is 16.9. The number of nitriles is 1. The van der Waals surface area contributed by atoms with Crippen molar-refractivity contribution in [2.75, 3.05) is 26.1 Å². The molecule has 3 aromatic carbocycles. The van der Waals surface area contributed by atoms with Gasteiger partial charge >= 0.3 is 0 Å². The summed E-state index contributed by atoms with van der Waals surface area (Å²) in [7, 11) is 3.12. The molecule has 1 N–H and O–H groups in total. The fourth-order valence-corrected chi connectivity index (χ4v) is 3.74. The van der Waals surface area contributed by atoms with Crippen LogP contribution in [0.2, 0.25) is 5.02 Å². The van der Waals surface area contributed by atoms with Gasteiger partial charge in [0, 0.05) is 16.7 Å². The second kappa shape index (κ2) is 8.50. The third kappa shape index (κ3) is 3.83. The Labute approximate surface area is 184 Å². The number of methoxy groups -OCH3 is 2. The van der Waals surface area contributed by atoms with Crippen LogP contribution in [0.5, 0.6) is 11.5 Å². The maximum Gasteiger partial charge on any atom is 0.246 e. The van der Waals surface area contributed by atoms with E-state index in [0.717, 1.165) is 5.56 Å². The number of benzene rings is 3. The molecule has 1 aliphatic heterocycles. The molecule has 0 saturated heterocycles. The molecule has 0 unspecified atom stereocenters. The van der Waals surface area contributed by atoms with Gasteiger partial charge in [-0.1, -0.05) is 35.9 Å². The van der Waals surface area contributed by atoms with Gasteiger partial charge in [-0.25, -0.2) is 0 Å². The topological polar surface area (TPSA) is 83.7 Å². The largest absolute Gasteiger partial charge is 0.496 e. The van der Waals surface area contributed by atoms with Crippen LogP contribution >= 0.6 is 11.6 Å². The molecular weight excluding hydrogens is 414 g/mol. The van der Waals surface area contributed by atoms with E-state index in [0.29, 0.717) is 50.2 Å². The second-order valence-electron chi connectivity index (χ2n) is 6.82. The minimum atomic E-state index is -0.254. The van der Waals surface area contributed by atoms with Gasteiger partial charge in [-0.15, -0.1) is 0 Å². The van der Waals surface area contributed by atoms with Gasteiger partial charge in [-0.3, -0.25) is 9.79 Å². The summed E-state index contributed by atoms with van der Waals surface area (Å²) in [4.78, 5) is 16.9. The van der Waals surface area contributed by atoms with E-state index in [1.54, 1.807) is 50.6 Å². The number of carbonyl (C=O) groups is 1. The number of halogens is 1. The third-order valence-electron chi connectivity index (χ3n) is 4.96. The first kappa shape index (κ1) is 20.5. The fourth-order valence-electron chi connectivity index (χ4n) is 3.61. The number of nitrogens with zero attached hydrogens (tertiary/aromatic N) is 2. The molecule has 154 valence electrons. The molecule has 0 atom stereocenters. The highest BCUT2D eigenvalue weighted by Gasteiger charge is 2.28. The lowest BCUT2D eigenvalue weighted by Gasteiger charge is -2.21. The molecule has 0 aromatic heterocycles. The van der Waals surface area contributed by atoms with Crippen LogP contribution in [-0.4, -0.2) is 32.4 Å². The van der Waals surface area contributed by atoms with E-state index < -0.39 is 0 Å². The fraction of sp³-hybridized carbons (Fsp3) is 0.125. The summed E-state index contributed by atoms with van der Waals surface area (Å²) in [5.74, 6) is 0.779. The number of anilines is 1. The monoisotopic (exact) mass is 431 g/mol. The average Bonchev–Trinajstić information content (AvgIpc) is 2.96. The Morgan fingerprint density at radius 3 is 2.48 bits per heavy atom. The minimum absolute atomic E-state index is 0.0530. The molecule has 0 saturated carbocycles. The summed E-state index contributed by atoms with van der Waals surface area (Å²) in [5.41, 5.74) is 4.45. The number of hydrogen-bond donors (Lipinski definition) is 1. The Hall–Kier alpha value is -3.82. The smallest absolute Gasteiger partial charge is 0.246 e. The Morgan fingerprint density at radius 1 is 1.03 bits per heavy atom. The molecule has 0 bridgehead atoms. The predicted octanol–water partition coefficient (Wildman–Crippen LogP) is 4.69. The zero-order chi connectivity index (χ0) is 22.0. The second-order valence-corrected chi connectivity index (χ2v) is 7.26. The van der Waals surface area contributed by atoms with E-state index in [1.165, 1.54) is 0 Å². The molecule has 0 spiro atoms. The maximum atomic E-state index is 12.4. The number of nitrogens with one attached hydrogen (secondary N) is 1. The number of amides is 1. The molecule has 0 fully saturated rings. The van der Waals surface area contributed by atoms with Gasteiger partial charge in [0.2, 0.25) is 5.91 Å². The SMILES string of the molecule is COc1cc2c(c(OC)c1-c1ccc(Cl)cc1)C(c1cccc(C#N)c1)=NCC(=O)N2. The Morgan fingerprint density at radius 2 is 1.81 bits per heavy atom. The lowest BCUT2D eigenvalue weighted by molar-refractivity contribution is -0.114. The predicted molar refractivity (Wildman–Crippen MR) is 120 cm³/mol. The molecule has 7 heteroatoms. The van der Waals surface area contributed by atoms with Crippen molar-refractivity contribution in [1.29, 1.82) is 5.26 Å². The molecule has 4 rings (SSSR count). The summed E-state index contributed by atoms with van der Waals surface area (Å²) in [6.45, 7) is -0.0530. The highest BCUT2D eigenvalue weighted by Crippen LogP contribution is 2.46. The summed E-state index contributed by atoms with van der Waals surface area (Å²) < 4.78 is 11.5. The lowest BCUT2D eigenvalue weighted by atomic mass is 9.93. The summed E-state index contributed by atoms with van der Waals surface area (Å²) in [5, 5.41) is 12.8. The van der Waals surface area contributed by atoms with Crippen molar-refractivity contribution in [3.63, 3.8) is 0 Å². The molecule has 6 nitrogen and oxygen atoms in total. The van der Waals surface area contributed by atoms with E-state index in [2.05, 4.69) is 16.4 Å². The molecule has 1 aliphatic rings. The van der Waals surface area contributed by atoms with Crippen LogP contribution < -0.4 is 14.8 Å². The van der Waals surface area contributed by atoms with Crippen molar-refractivity contribution in [3.05, 3.63) is 76.3 Å². The van der Waals surface area contributed by atoms with Crippen LogP contribution in [0, 0.1) is 11.3 Å². The highest BCUT2D eigenvalue weighted by molar-refractivity contribution is 6.30. The van der Waals surface area contributed by atoms with Crippen molar-refractivity contribution in [1.82, 2.24) is 0 Å². The van der Waals surface area contributed by atoms with Crippen molar-refractivity contribution in [3.8, 4) is 28.7 Å². The van der Waals surface area contributed by atoms with E-state index in [-0.39, 0.29) is 12.5 Å². The number of fused-ring (bicyclic) bond motifs is 1. The quantitative estimate of drug-likeness (QED) is 0.649. The van der Waals surface area contributed by atoms with Crippen LogP contribution in [0.1, 0.15) is 16.7 Å². The van der Waals surface area contributed by atoms with Crippen molar-refractivity contribution in [2.24, 2.45) is 4.99 Å². The molecule has 31 heavy (non-hydrogen) atoms. The molecule has 0 radical (unpaired) electrons. The van der Waals surface area contributed by atoms with Crippen LogP contribution in [0.3, 0.4) is 0 Å². The van der Waals surface area contributed by atoms with E-state index in [9.17, 15) is 10.1 Å². The maximum absolute atomic E-state index is 12.4. The van der Waals surface area contributed by atoms with Gasteiger partial charge in [0.05, 0.1) is 48.4 Å². The Balaban J connectivity index is 2.05. The summed E-state index contributed by atoms with van der Waals surface area (Å²) >= 11 is 6.08. The van der Waals surface area contributed by atoms with Crippen LogP contribution in [-0.2, 0) is 4.79 Å². The van der Waals surface area contributed by atoms with Crippen molar-refractivity contribution >= 4 is 28.9 Å². The van der Waals surface area contributed by atoms with Gasteiger partial charge in [0.25, 0.3) is 0 Å². The summed E-state index contributed by atoms with van der Waals surface area (Å²) in [6.07, 6.45) is 0. The standard InChI is InChI=1S/C24H18ClN3O3/c1-30-19-11-18-22(24(31-2)21(19)15-6-8-17(25)9-7-15)23(27-13-20(29)28-18)16-5-3-4-14(10-16)12-26/h3-11H,13H2,1-2H3,(H,28,29). The van der Waals surface area contributed by atoms with E-state index in [4.69, 9.17) is 21.1 Å². The highest BCUT2D eigenvalue weighted by atomic mass is 35.5. The van der Waals surface area contributed by atoms with Crippen molar-refractivity contribution < 1.29 is 14.3 Å². The Kier molecular flexibility index (Phi) is 5.61. The van der Waals surface area contributed by atoms with Crippen LogP contribution in [0.15, 0.2) is 59.6 Å². The normalized spacial score (nSPS) is 12.7. The van der Waals surface area contributed by atoms with E-state index >= 15 is 0 Å². The van der Waals surface area contributed by atoms with Crippen LogP contribution in [0.4, 0.5) is 5.69 Å². The number of ether oxygens (including phenoxy) is 2. The lowest BCUT2D eigenvalue weighted by Crippen LogP contribution is -2.14.